The Labute approximate surface area is 111 Å². The predicted molar refractivity (Wildman–Crippen MR) is 69.0 cm³/mol. The van der Waals surface area contributed by atoms with Gasteiger partial charge in [-0.15, -0.1) is 0 Å². The zero-order valence-corrected chi connectivity index (χ0v) is 10.7. The molecular weight excluding hydrogens is 246 g/mol. The number of carbonyl (C=O) groups excluding carboxylic acids is 2. The van der Waals surface area contributed by atoms with E-state index in [-0.39, 0.29) is 30.0 Å². The molecular formula is C13H19N3O3. The quantitative estimate of drug-likeness (QED) is 0.714. The van der Waals surface area contributed by atoms with Gasteiger partial charge >= 0.3 is 0 Å². The Kier molecular flexibility index (Phi) is 4.21. The summed E-state index contributed by atoms with van der Waals surface area (Å²) in [6, 6.07) is 3.14. The van der Waals surface area contributed by atoms with Gasteiger partial charge in [0.25, 0.3) is 5.91 Å². The summed E-state index contributed by atoms with van der Waals surface area (Å²) in [5.74, 6) is 0.282. The van der Waals surface area contributed by atoms with Crippen LogP contribution >= 0.6 is 0 Å². The van der Waals surface area contributed by atoms with E-state index in [1.807, 2.05) is 0 Å². The number of carbonyl (C=O) groups is 2. The lowest BCUT2D eigenvalue weighted by atomic mass is 9.95. The third-order valence-corrected chi connectivity index (χ3v) is 3.64. The summed E-state index contributed by atoms with van der Waals surface area (Å²) in [7, 11) is 0. The summed E-state index contributed by atoms with van der Waals surface area (Å²) in [6.07, 6.45) is 2.95. The van der Waals surface area contributed by atoms with Crippen LogP contribution < -0.4 is 16.8 Å². The molecule has 2 atom stereocenters. The van der Waals surface area contributed by atoms with Crippen LogP contribution in [0.4, 0.5) is 0 Å². The maximum atomic E-state index is 12.0. The van der Waals surface area contributed by atoms with Crippen molar-refractivity contribution in [2.45, 2.75) is 25.8 Å². The molecule has 0 unspecified atom stereocenters. The van der Waals surface area contributed by atoms with Gasteiger partial charge in [0, 0.05) is 5.92 Å². The fourth-order valence-corrected chi connectivity index (χ4v) is 2.57. The van der Waals surface area contributed by atoms with E-state index in [2.05, 4.69) is 5.32 Å². The second-order valence-corrected chi connectivity index (χ2v) is 4.88. The van der Waals surface area contributed by atoms with Crippen LogP contribution in [0, 0.1) is 11.8 Å². The van der Waals surface area contributed by atoms with Gasteiger partial charge in [-0.2, -0.15) is 0 Å². The highest BCUT2D eigenvalue weighted by molar-refractivity contribution is 5.89. The maximum Gasteiger partial charge on any atom is 0.284 e. The molecule has 2 amide bonds. The molecule has 0 radical (unpaired) electrons. The Morgan fingerprint density at radius 3 is 2.79 bits per heavy atom. The molecule has 6 heteroatoms. The van der Waals surface area contributed by atoms with Gasteiger partial charge in [-0.3, -0.25) is 9.59 Å². The number of primary amides is 1. The number of nitrogens with one attached hydrogen (secondary N) is 1. The van der Waals surface area contributed by atoms with Crippen molar-refractivity contribution < 1.29 is 14.0 Å². The van der Waals surface area contributed by atoms with Crippen molar-refractivity contribution >= 4 is 11.8 Å². The summed E-state index contributed by atoms with van der Waals surface area (Å²) in [5, 5.41) is 2.82. The second kappa shape index (κ2) is 5.88. The van der Waals surface area contributed by atoms with Gasteiger partial charge < -0.3 is 21.2 Å². The zero-order valence-electron chi connectivity index (χ0n) is 10.7. The van der Waals surface area contributed by atoms with Crippen molar-refractivity contribution in [1.82, 2.24) is 5.32 Å². The van der Waals surface area contributed by atoms with Crippen LogP contribution in [-0.2, 0) is 11.3 Å². The predicted octanol–water partition coefficient (Wildman–Crippen LogP) is 0.370. The average Bonchev–Trinajstić information content (AvgIpc) is 3.04. The fourth-order valence-electron chi connectivity index (χ4n) is 2.57. The third kappa shape index (κ3) is 3.14. The van der Waals surface area contributed by atoms with Crippen molar-refractivity contribution in [2.75, 3.05) is 6.54 Å². The van der Waals surface area contributed by atoms with E-state index in [1.165, 1.54) is 6.07 Å². The van der Waals surface area contributed by atoms with E-state index >= 15 is 0 Å². The van der Waals surface area contributed by atoms with Gasteiger partial charge in [0.2, 0.25) is 5.91 Å². The molecule has 0 aliphatic heterocycles. The van der Waals surface area contributed by atoms with Gasteiger partial charge in [0.1, 0.15) is 5.76 Å². The normalized spacial score (nSPS) is 22.4. The topological polar surface area (TPSA) is 111 Å². The highest BCUT2D eigenvalue weighted by Crippen LogP contribution is 2.30. The van der Waals surface area contributed by atoms with E-state index in [0.29, 0.717) is 12.3 Å². The number of hydrogen-bond acceptors (Lipinski definition) is 4. The van der Waals surface area contributed by atoms with Gasteiger partial charge in [-0.25, -0.2) is 0 Å². The minimum atomic E-state index is -0.614. The monoisotopic (exact) mass is 265 g/mol. The Bertz CT molecular complexity index is 469. The van der Waals surface area contributed by atoms with Crippen LogP contribution in [0.3, 0.4) is 0 Å². The molecule has 5 N–H and O–H groups in total. The molecule has 0 saturated heterocycles. The second-order valence-electron chi connectivity index (χ2n) is 4.88. The molecule has 1 aromatic rings. The molecule has 2 rings (SSSR count). The third-order valence-electron chi connectivity index (χ3n) is 3.64. The van der Waals surface area contributed by atoms with Crippen molar-refractivity contribution in [1.29, 1.82) is 0 Å². The smallest absolute Gasteiger partial charge is 0.284 e. The Morgan fingerprint density at radius 1 is 1.37 bits per heavy atom. The summed E-state index contributed by atoms with van der Waals surface area (Å²) in [5.41, 5.74) is 10.7. The van der Waals surface area contributed by atoms with Gasteiger partial charge in [0.15, 0.2) is 5.76 Å². The molecule has 1 aliphatic rings. The molecule has 1 saturated carbocycles. The first kappa shape index (κ1) is 13.6. The van der Waals surface area contributed by atoms with Crippen LogP contribution in [0.2, 0.25) is 0 Å². The summed E-state index contributed by atoms with van der Waals surface area (Å²) < 4.78 is 5.20. The maximum absolute atomic E-state index is 12.0. The van der Waals surface area contributed by atoms with Gasteiger partial charge in [-0.05, 0) is 37.4 Å². The Balaban J connectivity index is 1.87. The fraction of sp³-hybridized carbons (Fsp3) is 0.538. The average molecular weight is 265 g/mol. The number of nitrogens with two attached hydrogens (primary N) is 2. The molecule has 19 heavy (non-hydrogen) atoms. The van der Waals surface area contributed by atoms with Gasteiger partial charge in [-0.1, -0.05) is 6.42 Å². The summed E-state index contributed by atoms with van der Waals surface area (Å²) in [6.45, 7) is 0.810. The number of rotatable bonds is 5. The first-order valence-corrected chi connectivity index (χ1v) is 6.48. The summed E-state index contributed by atoms with van der Waals surface area (Å²) in [4.78, 5) is 22.9. The van der Waals surface area contributed by atoms with E-state index in [1.54, 1.807) is 6.07 Å². The highest BCUT2D eigenvalue weighted by Gasteiger charge is 2.31. The van der Waals surface area contributed by atoms with Crippen LogP contribution in [0.15, 0.2) is 16.5 Å². The van der Waals surface area contributed by atoms with E-state index in [9.17, 15) is 9.59 Å². The van der Waals surface area contributed by atoms with Crippen LogP contribution in [0.1, 0.15) is 35.6 Å². The van der Waals surface area contributed by atoms with E-state index in [0.717, 1.165) is 19.3 Å². The number of furan rings is 1. The van der Waals surface area contributed by atoms with E-state index in [4.69, 9.17) is 15.9 Å². The SMILES string of the molecule is NC[C@H]1CCC[C@H]1C(=O)NCc1ccc(C(N)=O)o1. The molecule has 1 aliphatic carbocycles. The van der Waals surface area contributed by atoms with E-state index < -0.39 is 5.91 Å². The standard InChI is InChI=1S/C13H19N3O3/c14-6-8-2-1-3-10(8)13(18)16-7-9-4-5-11(19-9)12(15)17/h4-5,8,10H,1-3,6-7,14H2,(H2,15,17)(H,16,18)/t8-,10-/m1/s1. The van der Waals surface area contributed by atoms with Gasteiger partial charge in [0.05, 0.1) is 6.54 Å². The lowest BCUT2D eigenvalue weighted by Gasteiger charge is -2.16. The van der Waals surface area contributed by atoms with Crippen LogP contribution in [0.25, 0.3) is 0 Å². The minimum Gasteiger partial charge on any atom is -0.454 e. The van der Waals surface area contributed by atoms with Crippen molar-refractivity contribution in [3.05, 3.63) is 23.7 Å². The molecule has 104 valence electrons. The number of amides is 2. The lowest BCUT2D eigenvalue weighted by Crippen LogP contribution is -2.34. The molecule has 1 fully saturated rings. The minimum absolute atomic E-state index is 0.00410. The first-order chi connectivity index (χ1) is 9.11. The molecule has 0 bridgehead atoms. The summed E-state index contributed by atoms with van der Waals surface area (Å²) >= 11 is 0. The van der Waals surface area contributed by atoms with Crippen molar-refractivity contribution in [3.8, 4) is 0 Å². The van der Waals surface area contributed by atoms with Crippen molar-refractivity contribution in [2.24, 2.45) is 23.3 Å². The van der Waals surface area contributed by atoms with Crippen molar-refractivity contribution in [3.63, 3.8) is 0 Å². The number of hydrogen-bond donors (Lipinski definition) is 3. The van der Waals surface area contributed by atoms with Crippen LogP contribution in [0.5, 0.6) is 0 Å². The lowest BCUT2D eigenvalue weighted by molar-refractivity contribution is -0.126. The molecule has 1 heterocycles. The zero-order chi connectivity index (χ0) is 13.8. The molecule has 0 spiro atoms. The highest BCUT2D eigenvalue weighted by atomic mass is 16.4. The Morgan fingerprint density at radius 2 is 2.16 bits per heavy atom. The molecule has 0 aromatic carbocycles. The first-order valence-electron chi connectivity index (χ1n) is 6.48. The molecule has 1 aromatic heterocycles. The van der Waals surface area contributed by atoms with Crippen LogP contribution in [-0.4, -0.2) is 18.4 Å². The largest absolute Gasteiger partial charge is 0.454 e. The molecule has 6 nitrogen and oxygen atoms in total. The Hall–Kier alpha value is -1.82.